The first-order valence-corrected chi connectivity index (χ1v) is 9.42. The molecular formula is C18H13N5O4S. The summed E-state index contributed by atoms with van der Waals surface area (Å²) in [4.78, 5) is 18.6. The van der Waals surface area contributed by atoms with E-state index in [-0.39, 0.29) is 19.1 Å². The fourth-order valence-corrected chi connectivity index (χ4v) is 3.96. The zero-order valence-corrected chi connectivity index (χ0v) is 15.2. The normalized spacial score (nSPS) is 13.4. The van der Waals surface area contributed by atoms with Gasteiger partial charge in [-0.05, 0) is 6.07 Å². The number of nitrogens with one attached hydrogen (secondary N) is 1. The molecule has 10 heteroatoms. The first kappa shape index (κ1) is 16.9. The Morgan fingerprint density at radius 2 is 2.14 bits per heavy atom. The number of rotatable bonds is 4. The molecule has 2 aromatic heterocycles. The van der Waals surface area contributed by atoms with E-state index in [1.54, 1.807) is 0 Å². The van der Waals surface area contributed by atoms with Crippen molar-refractivity contribution >= 4 is 39.5 Å². The Morgan fingerprint density at radius 1 is 1.25 bits per heavy atom. The van der Waals surface area contributed by atoms with Gasteiger partial charge in [0.15, 0.2) is 12.4 Å². The Morgan fingerprint density at radius 3 is 3.04 bits per heavy atom. The largest absolute Gasteiger partial charge is 0.467 e. The minimum Gasteiger partial charge on any atom is -0.467 e. The summed E-state index contributed by atoms with van der Waals surface area (Å²) in [5.41, 5.74) is 3.70. The van der Waals surface area contributed by atoms with Gasteiger partial charge in [0.25, 0.3) is 5.69 Å². The van der Waals surface area contributed by atoms with Gasteiger partial charge in [-0.1, -0.05) is 30.0 Å². The maximum Gasteiger partial charge on any atom is 0.270 e. The predicted molar refractivity (Wildman–Crippen MR) is 102 cm³/mol. The number of non-ortho nitro benzene ring substituents is 1. The van der Waals surface area contributed by atoms with Crippen molar-refractivity contribution < 1.29 is 14.4 Å². The molecule has 1 aliphatic heterocycles. The van der Waals surface area contributed by atoms with Crippen LogP contribution in [-0.2, 0) is 17.1 Å². The lowest BCUT2D eigenvalue weighted by Crippen LogP contribution is -2.13. The number of nitro groups is 1. The highest BCUT2D eigenvalue weighted by atomic mass is 32.2. The Balaban J connectivity index is 1.46. The van der Waals surface area contributed by atoms with Gasteiger partial charge in [-0.3, -0.25) is 10.1 Å². The van der Waals surface area contributed by atoms with Gasteiger partial charge in [0.2, 0.25) is 5.16 Å². The van der Waals surface area contributed by atoms with Crippen molar-refractivity contribution in [2.45, 2.75) is 17.5 Å². The lowest BCUT2D eigenvalue weighted by atomic mass is 10.1. The summed E-state index contributed by atoms with van der Waals surface area (Å²) in [5.74, 6) is 1.04. The van der Waals surface area contributed by atoms with Crippen molar-refractivity contribution in [3.63, 3.8) is 0 Å². The number of aromatic nitrogens is 4. The lowest BCUT2D eigenvalue weighted by Gasteiger charge is -2.20. The molecule has 28 heavy (non-hydrogen) atoms. The number of nitrogens with zero attached hydrogens (tertiary/aromatic N) is 4. The summed E-state index contributed by atoms with van der Waals surface area (Å²) in [6, 6.07) is 10.8. The van der Waals surface area contributed by atoms with Crippen molar-refractivity contribution in [2.75, 3.05) is 6.79 Å². The molecule has 5 rings (SSSR count). The van der Waals surface area contributed by atoms with E-state index in [1.807, 2.05) is 24.3 Å². The molecule has 1 aliphatic rings. The van der Waals surface area contributed by atoms with Gasteiger partial charge >= 0.3 is 0 Å². The van der Waals surface area contributed by atoms with Crippen LogP contribution in [0, 0.1) is 10.1 Å². The Kier molecular flexibility index (Phi) is 4.06. The van der Waals surface area contributed by atoms with E-state index >= 15 is 0 Å². The number of para-hydroxylation sites is 1. The van der Waals surface area contributed by atoms with Gasteiger partial charge in [0, 0.05) is 39.9 Å². The van der Waals surface area contributed by atoms with Gasteiger partial charge in [-0.15, -0.1) is 10.2 Å². The van der Waals surface area contributed by atoms with E-state index in [9.17, 15) is 10.1 Å². The first-order valence-electron chi connectivity index (χ1n) is 8.44. The SMILES string of the molecule is O=[N+]([O-])c1cc2c(c(CSc3nnc4c(n3)[nH]c3ccccc34)c1)OCOC2. The van der Waals surface area contributed by atoms with Gasteiger partial charge in [-0.2, -0.15) is 0 Å². The van der Waals surface area contributed by atoms with Crippen LogP contribution in [0.3, 0.4) is 0 Å². The van der Waals surface area contributed by atoms with Crippen LogP contribution in [0.15, 0.2) is 41.6 Å². The topological polar surface area (TPSA) is 116 Å². The van der Waals surface area contributed by atoms with Gasteiger partial charge in [-0.25, -0.2) is 4.98 Å². The zero-order valence-electron chi connectivity index (χ0n) is 14.4. The molecule has 0 spiro atoms. The Bertz CT molecular complexity index is 1230. The van der Waals surface area contributed by atoms with Crippen molar-refractivity contribution in [1.82, 2.24) is 20.2 Å². The molecular weight excluding hydrogens is 382 g/mol. The van der Waals surface area contributed by atoms with Crippen molar-refractivity contribution in [3.8, 4) is 5.75 Å². The van der Waals surface area contributed by atoms with Crippen molar-refractivity contribution in [1.29, 1.82) is 0 Å². The number of hydrogen-bond acceptors (Lipinski definition) is 8. The van der Waals surface area contributed by atoms with Crippen LogP contribution in [0.5, 0.6) is 5.75 Å². The molecule has 140 valence electrons. The zero-order chi connectivity index (χ0) is 19.1. The molecule has 1 N–H and O–H groups in total. The average molecular weight is 395 g/mol. The van der Waals surface area contributed by atoms with E-state index in [2.05, 4.69) is 20.2 Å². The van der Waals surface area contributed by atoms with E-state index in [4.69, 9.17) is 9.47 Å². The highest BCUT2D eigenvalue weighted by Crippen LogP contribution is 2.36. The first-order chi connectivity index (χ1) is 13.7. The van der Waals surface area contributed by atoms with Gasteiger partial charge in [0.05, 0.1) is 11.5 Å². The smallest absolute Gasteiger partial charge is 0.270 e. The fraction of sp³-hybridized carbons (Fsp3) is 0.167. The number of ether oxygens (including phenoxy) is 2. The number of benzene rings is 2. The fourth-order valence-electron chi connectivity index (χ4n) is 3.20. The number of nitro benzene ring substituents is 1. The lowest BCUT2D eigenvalue weighted by molar-refractivity contribution is -0.385. The highest BCUT2D eigenvalue weighted by molar-refractivity contribution is 7.98. The molecule has 0 bridgehead atoms. The molecule has 9 nitrogen and oxygen atoms in total. The molecule has 0 unspecified atom stereocenters. The molecule has 3 heterocycles. The third kappa shape index (κ3) is 2.92. The molecule has 0 saturated heterocycles. The second-order valence-corrected chi connectivity index (χ2v) is 7.15. The predicted octanol–water partition coefficient (Wildman–Crippen LogP) is 3.57. The number of hydrogen-bond donors (Lipinski definition) is 1. The Hall–Kier alpha value is -3.24. The molecule has 0 amide bonds. The average Bonchev–Trinajstić information content (AvgIpc) is 3.09. The van der Waals surface area contributed by atoms with Crippen molar-refractivity contribution in [3.05, 3.63) is 57.6 Å². The summed E-state index contributed by atoms with van der Waals surface area (Å²) in [6.45, 7) is 0.412. The summed E-state index contributed by atoms with van der Waals surface area (Å²) < 4.78 is 10.8. The second kappa shape index (κ2) is 6.73. The summed E-state index contributed by atoms with van der Waals surface area (Å²) in [7, 11) is 0. The van der Waals surface area contributed by atoms with Gasteiger partial charge in [0.1, 0.15) is 11.3 Å². The monoisotopic (exact) mass is 395 g/mol. The van der Waals surface area contributed by atoms with Gasteiger partial charge < -0.3 is 14.5 Å². The standard InChI is InChI=1S/C18H13N5O4S/c24-23(25)12-5-10-7-26-9-27-16(10)11(6-12)8-28-18-20-17-15(21-22-18)13-3-1-2-4-14(13)19-17/h1-6H,7-9H2,(H,19,20,22). The molecule has 0 saturated carbocycles. The minimum atomic E-state index is -0.419. The van der Waals surface area contributed by atoms with Crippen molar-refractivity contribution in [2.24, 2.45) is 0 Å². The third-order valence-corrected chi connectivity index (χ3v) is 5.33. The molecule has 2 aromatic carbocycles. The van der Waals surface area contributed by atoms with Crippen LogP contribution in [-0.4, -0.2) is 31.9 Å². The summed E-state index contributed by atoms with van der Waals surface area (Å²) >= 11 is 1.34. The van der Waals surface area contributed by atoms with Crippen LogP contribution in [0.2, 0.25) is 0 Å². The molecule has 0 fully saturated rings. The molecule has 0 aliphatic carbocycles. The quantitative estimate of drug-likeness (QED) is 0.317. The number of aromatic amines is 1. The summed E-state index contributed by atoms with van der Waals surface area (Å²) in [6.07, 6.45) is 0. The minimum absolute atomic E-state index is 0.00793. The summed E-state index contributed by atoms with van der Waals surface area (Å²) in [5, 5.41) is 21.2. The molecule has 0 radical (unpaired) electrons. The molecule has 0 atom stereocenters. The van der Waals surface area contributed by atoms with Crippen LogP contribution in [0.25, 0.3) is 22.1 Å². The van der Waals surface area contributed by atoms with E-state index < -0.39 is 4.92 Å². The van der Waals surface area contributed by atoms with Crippen LogP contribution in [0.4, 0.5) is 5.69 Å². The van der Waals surface area contributed by atoms with Crippen LogP contribution < -0.4 is 4.74 Å². The van der Waals surface area contributed by atoms with E-state index in [1.165, 1.54) is 23.9 Å². The number of thioether (sulfide) groups is 1. The maximum atomic E-state index is 11.2. The third-order valence-electron chi connectivity index (χ3n) is 4.44. The number of fused-ring (bicyclic) bond motifs is 4. The van der Waals surface area contributed by atoms with Crippen LogP contribution in [0.1, 0.15) is 11.1 Å². The van der Waals surface area contributed by atoms with Crippen LogP contribution >= 0.6 is 11.8 Å². The van der Waals surface area contributed by atoms with E-state index in [0.29, 0.717) is 38.9 Å². The highest BCUT2D eigenvalue weighted by Gasteiger charge is 2.21. The second-order valence-electron chi connectivity index (χ2n) is 6.21. The maximum absolute atomic E-state index is 11.2. The van der Waals surface area contributed by atoms with E-state index in [0.717, 1.165) is 10.9 Å². The molecule has 4 aromatic rings. The number of H-pyrrole nitrogens is 1. The Labute approximate surface area is 162 Å².